The number of amides is 3. The minimum Gasteiger partial charge on any atom is -0.465 e. The van der Waals surface area contributed by atoms with Crippen molar-refractivity contribution in [3.05, 3.63) is 107 Å². The summed E-state index contributed by atoms with van der Waals surface area (Å²) in [6.07, 6.45) is 3.47. The molecule has 11 nitrogen and oxygen atoms in total. The van der Waals surface area contributed by atoms with Gasteiger partial charge in [0.15, 0.2) is 0 Å². The monoisotopic (exact) mass is 556 g/mol. The molecule has 0 spiro atoms. The van der Waals surface area contributed by atoms with Crippen LogP contribution >= 0.6 is 0 Å². The zero-order chi connectivity index (χ0) is 29.4. The molecule has 0 radical (unpaired) electrons. The molecule has 2 aromatic heterocycles. The number of pyridine rings is 1. The first-order chi connectivity index (χ1) is 19.7. The fraction of sp³-hybridized carbons (Fsp3) is 0.233. The highest BCUT2D eigenvalue weighted by Gasteiger charge is 2.40. The Balaban J connectivity index is 1.62. The molecule has 0 aliphatic carbocycles. The highest BCUT2D eigenvalue weighted by atomic mass is 16.4. The van der Waals surface area contributed by atoms with Gasteiger partial charge < -0.3 is 30.2 Å². The molecule has 4 rings (SSSR count). The minimum atomic E-state index is -1.63. The van der Waals surface area contributed by atoms with Crippen LogP contribution in [-0.4, -0.2) is 62.1 Å². The lowest BCUT2D eigenvalue weighted by Gasteiger charge is -2.32. The van der Waals surface area contributed by atoms with Gasteiger partial charge in [-0.3, -0.25) is 14.4 Å². The number of hydrogen-bond acceptors (Lipinski definition) is 5. The number of likely N-dealkylation sites (N-methyl/N-ethyl adjacent to an activating group) is 1. The number of imidazole rings is 1. The topological polar surface area (TPSA) is 149 Å². The molecule has 3 amide bonds. The number of nitrogens with one attached hydrogen (secondary N) is 3. The van der Waals surface area contributed by atoms with Gasteiger partial charge >= 0.3 is 6.09 Å². The number of aromatic amines is 1. The van der Waals surface area contributed by atoms with E-state index in [0.717, 1.165) is 16.6 Å². The van der Waals surface area contributed by atoms with E-state index in [4.69, 9.17) is 0 Å². The highest BCUT2D eigenvalue weighted by molar-refractivity contribution is 6.00. The molecule has 0 aliphatic rings. The third-order valence-electron chi connectivity index (χ3n) is 6.60. The number of aromatic nitrogens is 3. The van der Waals surface area contributed by atoms with Crippen molar-refractivity contribution in [2.24, 2.45) is 0 Å². The number of anilines is 1. The predicted octanol–water partition coefficient (Wildman–Crippen LogP) is 3.39. The molecule has 212 valence electrons. The number of carbonyl (C=O) groups excluding carboxylic acids is 2. The molecule has 0 fully saturated rings. The Morgan fingerprint density at radius 2 is 1.78 bits per heavy atom. The summed E-state index contributed by atoms with van der Waals surface area (Å²) in [5.74, 6) is -0.347. The van der Waals surface area contributed by atoms with Crippen LogP contribution in [0, 0.1) is 0 Å². The fourth-order valence-corrected chi connectivity index (χ4v) is 4.50. The van der Waals surface area contributed by atoms with Gasteiger partial charge in [0.2, 0.25) is 5.91 Å². The summed E-state index contributed by atoms with van der Waals surface area (Å²) in [5.41, 5.74) is 0.224. The van der Waals surface area contributed by atoms with E-state index in [1.54, 1.807) is 56.7 Å². The van der Waals surface area contributed by atoms with Gasteiger partial charge in [-0.1, -0.05) is 48.5 Å². The van der Waals surface area contributed by atoms with E-state index in [-0.39, 0.29) is 37.4 Å². The molecule has 1 atom stereocenters. The van der Waals surface area contributed by atoms with Crippen LogP contribution in [-0.2, 0) is 22.6 Å². The normalized spacial score (nSPS) is 12.6. The van der Waals surface area contributed by atoms with Crippen LogP contribution in [0.5, 0.6) is 0 Å². The van der Waals surface area contributed by atoms with Crippen LogP contribution in [0.25, 0.3) is 11.0 Å². The summed E-state index contributed by atoms with van der Waals surface area (Å²) in [6.45, 7) is 0.143. The second kappa shape index (κ2) is 12.8. The SMILES string of the molecule is CN(C)C(=O)/C=C/CCC(Cc1ccccc1)(NC(=O)O)C(=O)Nc1cccn(Cc2nc3ccccc3[nH]2)c1=O. The first kappa shape index (κ1) is 28.8. The molecule has 4 N–H and O–H groups in total. The number of allylic oxidation sites excluding steroid dienone is 1. The van der Waals surface area contributed by atoms with E-state index in [2.05, 4.69) is 20.6 Å². The van der Waals surface area contributed by atoms with E-state index >= 15 is 0 Å². The summed E-state index contributed by atoms with van der Waals surface area (Å²) < 4.78 is 1.41. The smallest absolute Gasteiger partial charge is 0.405 e. The molecule has 11 heteroatoms. The number of benzene rings is 2. The third-order valence-corrected chi connectivity index (χ3v) is 6.60. The number of para-hydroxylation sites is 2. The number of carbonyl (C=O) groups is 3. The van der Waals surface area contributed by atoms with E-state index in [9.17, 15) is 24.3 Å². The second-order valence-electron chi connectivity index (χ2n) is 9.86. The third kappa shape index (κ3) is 7.27. The summed E-state index contributed by atoms with van der Waals surface area (Å²) in [6, 6.07) is 19.6. The molecule has 41 heavy (non-hydrogen) atoms. The highest BCUT2D eigenvalue weighted by Crippen LogP contribution is 2.23. The first-order valence-corrected chi connectivity index (χ1v) is 13.0. The fourth-order valence-electron chi connectivity index (χ4n) is 4.50. The summed E-state index contributed by atoms with van der Waals surface area (Å²) >= 11 is 0. The Kier molecular flexibility index (Phi) is 8.98. The summed E-state index contributed by atoms with van der Waals surface area (Å²) in [4.78, 5) is 60.2. The number of rotatable bonds is 11. The average Bonchev–Trinajstić information content (AvgIpc) is 3.35. The van der Waals surface area contributed by atoms with Crippen molar-refractivity contribution in [1.82, 2.24) is 24.8 Å². The van der Waals surface area contributed by atoms with Crippen LogP contribution in [0.3, 0.4) is 0 Å². The van der Waals surface area contributed by atoms with Crippen LogP contribution in [0.2, 0.25) is 0 Å². The Morgan fingerprint density at radius 1 is 1.05 bits per heavy atom. The van der Waals surface area contributed by atoms with E-state index in [1.165, 1.54) is 21.6 Å². The van der Waals surface area contributed by atoms with Crippen molar-refractivity contribution in [3.63, 3.8) is 0 Å². The quantitative estimate of drug-likeness (QED) is 0.208. The maximum Gasteiger partial charge on any atom is 0.405 e. The van der Waals surface area contributed by atoms with Crippen molar-refractivity contribution in [2.45, 2.75) is 31.3 Å². The maximum absolute atomic E-state index is 13.8. The molecule has 1 unspecified atom stereocenters. The second-order valence-corrected chi connectivity index (χ2v) is 9.86. The van der Waals surface area contributed by atoms with Gasteiger partial charge in [-0.05, 0) is 48.7 Å². The van der Waals surface area contributed by atoms with Crippen molar-refractivity contribution >= 4 is 34.6 Å². The van der Waals surface area contributed by atoms with Gasteiger partial charge in [0, 0.05) is 26.7 Å². The molecule has 4 aromatic rings. The van der Waals surface area contributed by atoms with E-state index in [0.29, 0.717) is 5.82 Å². The summed E-state index contributed by atoms with van der Waals surface area (Å²) in [5, 5.41) is 14.8. The number of fused-ring (bicyclic) bond motifs is 1. The molecule has 0 aliphatic heterocycles. The van der Waals surface area contributed by atoms with Gasteiger partial charge in [-0.2, -0.15) is 0 Å². The van der Waals surface area contributed by atoms with Crippen LogP contribution in [0.1, 0.15) is 24.2 Å². The van der Waals surface area contributed by atoms with Crippen molar-refractivity contribution < 1.29 is 19.5 Å². The molecule has 0 saturated heterocycles. The van der Waals surface area contributed by atoms with Crippen molar-refractivity contribution in [1.29, 1.82) is 0 Å². The lowest BCUT2D eigenvalue weighted by molar-refractivity contribution is -0.123. The van der Waals surface area contributed by atoms with Crippen molar-refractivity contribution in [3.8, 4) is 0 Å². The van der Waals surface area contributed by atoms with Gasteiger partial charge in [0.25, 0.3) is 11.5 Å². The van der Waals surface area contributed by atoms with Gasteiger partial charge in [-0.15, -0.1) is 0 Å². The number of hydrogen-bond donors (Lipinski definition) is 4. The van der Waals surface area contributed by atoms with Crippen LogP contribution in [0.4, 0.5) is 10.5 Å². The number of nitrogens with zero attached hydrogens (tertiary/aromatic N) is 3. The minimum absolute atomic E-state index is 0.00318. The molecule has 2 aromatic carbocycles. The van der Waals surface area contributed by atoms with Crippen LogP contribution in [0.15, 0.2) is 89.9 Å². The molecular formula is C30H32N6O5. The zero-order valence-corrected chi connectivity index (χ0v) is 22.8. The van der Waals surface area contributed by atoms with Gasteiger partial charge in [-0.25, -0.2) is 9.78 Å². The largest absolute Gasteiger partial charge is 0.465 e. The molecule has 2 heterocycles. The lowest BCUT2D eigenvalue weighted by Crippen LogP contribution is -2.58. The molecule has 0 bridgehead atoms. The first-order valence-electron chi connectivity index (χ1n) is 13.0. The summed E-state index contributed by atoms with van der Waals surface area (Å²) in [7, 11) is 3.24. The predicted molar refractivity (Wildman–Crippen MR) is 156 cm³/mol. The van der Waals surface area contributed by atoms with Crippen molar-refractivity contribution in [2.75, 3.05) is 19.4 Å². The lowest BCUT2D eigenvalue weighted by atomic mass is 9.85. The van der Waals surface area contributed by atoms with Crippen LogP contribution < -0.4 is 16.2 Å². The standard InChI is InChI=1S/C30H32N6O5/c1-35(2)26(37)16-8-9-17-30(34-29(40)41,19-21-11-4-3-5-12-21)28(39)33-24-15-10-18-36(27(24)38)20-25-31-22-13-6-7-14-23(22)32-25/h3-8,10-16,18,34H,9,17,19-20H2,1-2H3,(H,31,32)(H,33,39)(H,40,41)/b16-8+. The molecule has 0 saturated carbocycles. The number of carboxylic acid groups (broad SMARTS) is 1. The van der Waals surface area contributed by atoms with Gasteiger partial charge in [0.1, 0.15) is 17.1 Å². The Labute approximate surface area is 236 Å². The van der Waals surface area contributed by atoms with E-state index < -0.39 is 23.1 Å². The average molecular weight is 557 g/mol. The van der Waals surface area contributed by atoms with E-state index in [1.807, 2.05) is 30.3 Å². The van der Waals surface area contributed by atoms with Gasteiger partial charge in [0.05, 0.1) is 17.6 Å². The zero-order valence-electron chi connectivity index (χ0n) is 22.8. The molecular weight excluding hydrogens is 524 g/mol. The Morgan fingerprint density at radius 3 is 2.49 bits per heavy atom. The Hall–Kier alpha value is -5.19. The number of H-pyrrole nitrogens is 1. The maximum atomic E-state index is 13.8. The Bertz CT molecular complexity index is 1590.